The Hall–Kier alpha value is -2.04. The van der Waals surface area contributed by atoms with Crippen molar-refractivity contribution < 1.29 is 19.4 Å². The van der Waals surface area contributed by atoms with Gasteiger partial charge in [0.1, 0.15) is 12.0 Å². The summed E-state index contributed by atoms with van der Waals surface area (Å²) in [6, 6.07) is 2.89. The number of aromatic amines is 1. The fraction of sp³-hybridized carbons (Fsp3) is 0.500. The van der Waals surface area contributed by atoms with Gasteiger partial charge in [-0.2, -0.15) is 0 Å². The van der Waals surface area contributed by atoms with Gasteiger partial charge >= 0.3 is 5.69 Å². The first-order chi connectivity index (χ1) is 16.1. The van der Waals surface area contributed by atoms with E-state index in [0.717, 1.165) is 0 Å². The molecule has 1 fully saturated rings. The van der Waals surface area contributed by atoms with Gasteiger partial charge in [0.2, 0.25) is 0 Å². The van der Waals surface area contributed by atoms with E-state index >= 15 is 0 Å². The third-order valence-corrected chi connectivity index (χ3v) is 6.57. The van der Waals surface area contributed by atoms with Gasteiger partial charge < -0.3 is 19.9 Å². The van der Waals surface area contributed by atoms with Gasteiger partial charge in [-0.15, -0.1) is 0 Å². The normalized spacial score (nSPS) is 20.8. The molecule has 1 aromatic carbocycles. The van der Waals surface area contributed by atoms with Crippen molar-refractivity contribution in [3.63, 3.8) is 0 Å². The standard InChI is InChI=1S/C22H26Cl3N3O6/c1-3-12-10-28(22(32)27-21(12)31)19-9-16(29)17(34-19)5-4-6-26-20(30)11(2)33-18-8-14(24)13(23)7-15(18)25/h7-8,10-11,16-17,19,29H,3-6,9H2,1-2H3,(H,26,30)(H,27,31,32)/t11-,16?,17-,19-/m0/s1. The average Bonchev–Trinajstić information content (AvgIpc) is 3.15. The number of amides is 1. The molecule has 0 bridgehead atoms. The van der Waals surface area contributed by atoms with E-state index in [2.05, 4.69) is 10.3 Å². The van der Waals surface area contributed by atoms with E-state index in [1.54, 1.807) is 6.92 Å². The average molecular weight is 535 g/mol. The Morgan fingerprint density at radius 1 is 1.29 bits per heavy atom. The number of H-pyrrole nitrogens is 1. The van der Waals surface area contributed by atoms with Crippen LogP contribution in [0, 0.1) is 0 Å². The predicted octanol–water partition coefficient (Wildman–Crippen LogP) is 3.07. The lowest BCUT2D eigenvalue weighted by molar-refractivity contribution is -0.127. The van der Waals surface area contributed by atoms with Crippen LogP contribution in [0.25, 0.3) is 0 Å². The molecule has 2 aromatic rings. The number of carbonyl (C=O) groups is 1. The zero-order valence-electron chi connectivity index (χ0n) is 18.6. The molecule has 3 rings (SSSR count). The number of hydrogen-bond donors (Lipinski definition) is 3. The van der Waals surface area contributed by atoms with Crippen molar-refractivity contribution in [1.82, 2.24) is 14.9 Å². The molecule has 1 aliphatic rings. The first kappa shape index (κ1) is 26.6. The molecule has 34 heavy (non-hydrogen) atoms. The van der Waals surface area contributed by atoms with Crippen molar-refractivity contribution in [3.8, 4) is 5.75 Å². The summed E-state index contributed by atoms with van der Waals surface area (Å²) in [6.45, 7) is 3.72. The number of nitrogens with zero attached hydrogens (tertiary/aromatic N) is 1. The topological polar surface area (TPSA) is 123 Å². The van der Waals surface area contributed by atoms with Crippen LogP contribution >= 0.6 is 34.8 Å². The van der Waals surface area contributed by atoms with Crippen molar-refractivity contribution in [3.05, 3.63) is 59.8 Å². The summed E-state index contributed by atoms with van der Waals surface area (Å²) in [5.41, 5.74) is -0.542. The zero-order chi connectivity index (χ0) is 25.0. The second kappa shape index (κ2) is 11.6. The number of aliphatic hydroxyl groups excluding tert-OH is 1. The first-order valence-electron chi connectivity index (χ1n) is 10.9. The van der Waals surface area contributed by atoms with Gasteiger partial charge in [0.15, 0.2) is 6.10 Å². The molecule has 3 N–H and O–H groups in total. The molecule has 0 radical (unpaired) electrons. The minimum atomic E-state index is -0.827. The van der Waals surface area contributed by atoms with Gasteiger partial charge in [0.05, 0.1) is 27.3 Å². The van der Waals surface area contributed by atoms with E-state index in [-0.39, 0.29) is 33.1 Å². The van der Waals surface area contributed by atoms with Crippen LogP contribution in [0.5, 0.6) is 5.75 Å². The maximum atomic E-state index is 12.3. The Morgan fingerprint density at radius 3 is 2.71 bits per heavy atom. The van der Waals surface area contributed by atoms with Crippen molar-refractivity contribution in [2.24, 2.45) is 0 Å². The third kappa shape index (κ3) is 6.34. The van der Waals surface area contributed by atoms with Crippen LogP contribution in [-0.2, 0) is 16.0 Å². The number of ether oxygens (including phenoxy) is 2. The predicted molar refractivity (Wildman–Crippen MR) is 129 cm³/mol. The van der Waals surface area contributed by atoms with E-state index < -0.39 is 35.8 Å². The summed E-state index contributed by atoms with van der Waals surface area (Å²) in [5.74, 6) is -0.101. The fourth-order valence-electron chi connectivity index (χ4n) is 3.64. The van der Waals surface area contributed by atoms with Crippen molar-refractivity contribution in [2.75, 3.05) is 6.54 Å². The summed E-state index contributed by atoms with van der Waals surface area (Å²) >= 11 is 17.9. The summed E-state index contributed by atoms with van der Waals surface area (Å²) in [4.78, 5) is 38.6. The van der Waals surface area contributed by atoms with E-state index in [4.69, 9.17) is 44.3 Å². The molecule has 1 aromatic heterocycles. The molecule has 9 nitrogen and oxygen atoms in total. The molecule has 12 heteroatoms. The highest BCUT2D eigenvalue weighted by Crippen LogP contribution is 2.34. The highest BCUT2D eigenvalue weighted by molar-refractivity contribution is 6.43. The second-order valence-electron chi connectivity index (χ2n) is 8.00. The van der Waals surface area contributed by atoms with Gasteiger partial charge in [-0.25, -0.2) is 4.79 Å². The van der Waals surface area contributed by atoms with Gasteiger partial charge in [-0.1, -0.05) is 41.7 Å². The molecule has 1 unspecified atom stereocenters. The lowest BCUT2D eigenvalue weighted by Gasteiger charge is -2.18. The second-order valence-corrected chi connectivity index (χ2v) is 9.22. The number of aliphatic hydroxyl groups is 1. The number of aromatic nitrogens is 2. The monoisotopic (exact) mass is 533 g/mol. The molecular formula is C22H26Cl3N3O6. The molecule has 0 aliphatic carbocycles. The molecule has 0 saturated carbocycles. The number of benzene rings is 1. The summed E-state index contributed by atoms with van der Waals surface area (Å²) in [7, 11) is 0. The number of carbonyl (C=O) groups excluding carboxylic acids is 1. The highest BCUT2D eigenvalue weighted by atomic mass is 35.5. The number of halogens is 3. The lowest BCUT2D eigenvalue weighted by atomic mass is 10.1. The first-order valence-corrected chi connectivity index (χ1v) is 12.0. The van der Waals surface area contributed by atoms with Gasteiger partial charge in [0.25, 0.3) is 11.5 Å². The van der Waals surface area contributed by atoms with E-state index in [0.29, 0.717) is 31.4 Å². The van der Waals surface area contributed by atoms with Crippen molar-refractivity contribution in [2.45, 2.75) is 64.1 Å². The zero-order valence-corrected chi connectivity index (χ0v) is 20.9. The summed E-state index contributed by atoms with van der Waals surface area (Å²) < 4.78 is 12.7. The van der Waals surface area contributed by atoms with Crippen LogP contribution < -0.4 is 21.3 Å². The summed E-state index contributed by atoms with van der Waals surface area (Å²) in [5, 5.41) is 13.9. The minimum absolute atomic E-state index is 0.224. The molecule has 2 heterocycles. The van der Waals surface area contributed by atoms with Crippen LogP contribution in [0.3, 0.4) is 0 Å². The number of hydrogen-bond acceptors (Lipinski definition) is 6. The van der Waals surface area contributed by atoms with Gasteiger partial charge in [-0.05, 0) is 32.3 Å². The van der Waals surface area contributed by atoms with E-state index in [1.807, 2.05) is 6.92 Å². The molecular weight excluding hydrogens is 509 g/mol. The van der Waals surface area contributed by atoms with Crippen LogP contribution in [0.4, 0.5) is 0 Å². The maximum absolute atomic E-state index is 12.3. The molecule has 4 atom stereocenters. The Labute approximate surface area is 210 Å². The molecule has 1 saturated heterocycles. The molecule has 1 amide bonds. The Bertz CT molecular complexity index is 1150. The quantitative estimate of drug-likeness (QED) is 0.336. The van der Waals surface area contributed by atoms with Crippen molar-refractivity contribution in [1.29, 1.82) is 0 Å². The number of rotatable bonds is 9. The van der Waals surface area contributed by atoms with Crippen molar-refractivity contribution >= 4 is 40.7 Å². The van der Waals surface area contributed by atoms with Gasteiger partial charge in [0, 0.05) is 30.8 Å². The summed E-state index contributed by atoms with van der Waals surface area (Å²) in [6.07, 6.45) is 0.377. The Balaban J connectivity index is 1.48. The maximum Gasteiger partial charge on any atom is 0.330 e. The minimum Gasteiger partial charge on any atom is -0.479 e. The van der Waals surface area contributed by atoms with E-state index in [9.17, 15) is 19.5 Å². The van der Waals surface area contributed by atoms with Crippen LogP contribution in [0.1, 0.15) is 44.9 Å². The largest absolute Gasteiger partial charge is 0.479 e. The number of aryl methyl sites for hydroxylation is 1. The smallest absolute Gasteiger partial charge is 0.330 e. The van der Waals surface area contributed by atoms with Gasteiger partial charge in [-0.3, -0.25) is 19.1 Å². The Kier molecular flexibility index (Phi) is 9.06. The fourth-order valence-corrected chi connectivity index (χ4v) is 4.22. The SMILES string of the molecule is CCc1cn([C@@H]2CC(O)[C@H](CCCNC(=O)[C@H](C)Oc3cc(Cl)c(Cl)cc3Cl)O2)c(=O)[nH]c1=O. The highest BCUT2D eigenvalue weighted by Gasteiger charge is 2.35. The Morgan fingerprint density at radius 2 is 2.00 bits per heavy atom. The lowest BCUT2D eigenvalue weighted by Crippen LogP contribution is -2.37. The molecule has 186 valence electrons. The third-order valence-electron chi connectivity index (χ3n) is 5.55. The number of nitrogens with one attached hydrogen (secondary N) is 2. The molecule has 1 aliphatic heterocycles. The van der Waals surface area contributed by atoms with Crippen LogP contribution in [-0.4, -0.2) is 45.4 Å². The van der Waals surface area contributed by atoms with Crippen LogP contribution in [0.2, 0.25) is 15.1 Å². The van der Waals surface area contributed by atoms with E-state index in [1.165, 1.54) is 22.9 Å². The van der Waals surface area contributed by atoms with Crippen LogP contribution in [0.15, 0.2) is 27.9 Å². The molecule has 0 spiro atoms.